The minimum atomic E-state index is -3.03. The molecule has 0 unspecified atom stereocenters. The number of carbonyl (C=O) groups is 1. The number of ether oxygens (including phenoxy) is 1. The fraction of sp³-hybridized carbons (Fsp3) is 0.429. The molecule has 1 aliphatic carbocycles. The van der Waals surface area contributed by atoms with E-state index in [0.717, 1.165) is 56.0 Å². The van der Waals surface area contributed by atoms with Crippen molar-refractivity contribution in [3.8, 4) is 5.75 Å². The number of pyridine rings is 1. The number of aromatic nitrogens is 2. The average Bonchev–Trinajstić information content (AvgIpc) is 3.55. The topological polar surface area (TPSA) is 70.9 Å². The smallest absolute Gasteiger partial charge is 0.387 e. The van der Waals surface area contributed by atoms with E-state index in [0.29, 0.717) is 29.1 Å². The molecule has 7 nitrogen and oxygen atoms in total. The van der Waals surface area contributed by atoms with Crippen molar-refractivity contribution < 1.29 is 22.7 Å². The van der Waals surface area contributed by atoms with Crippen LogP contribution in [0.1, 0.15) is 60.5 Å². The molecule has 1 saturated heterocycles. The maximum absolute atomic E-state index is 14.2. The first-order valence-corrected chi connectivity index (χ1v) is 13.0. The zero-order chi connectivity index (χ0) is 26.8. The number of nitrogens with zero attached hydrogens (tertiary/aromatic N) is 3. The molecule has 1 aromatic carbocycles. The van der Waals surface area contributed by atoms with Crippen LogP contribution in [-0.4, -0.2) is 41.8 Å². The van der Waals surface area contributed by atoms with Crippen molar-refractivity contribution in [3.63, 3.8) is 0 Å². The number of carbonyl (C=O) groups excluding carboxylic acids is 1. The summed E-state index contributed by atoms with van der Waals surface area (Å²) in [5.74, 6) is -0.557. The number of halogens is 3. The molecule has 202 valence electrons. The maximum atomic E-state index is 14.2. The van der Waals surface area contributed by atoms with Crippen LogP contribution in [0.5, 0.6) is 5.75 Å². The fourth-order valence-corrected chi connectivity index (χ4v) is 5.75. The number of hydrogen-bond acceptors (Lipinski definition) is 5. The van der Waals surface area contributed by atoms with Gasteiger partial charge in [0.2, 0.25) is 0 Å². The third-order valence-electron chi connectivity index (χ3n) is 7.71. The minimum absolute atomic E-state index is 0.0992. The summed E-state index contributed by atoms with van der Waals surface area (Å²) in [7, 11) is 1.89. The lowest BCUT2D eigenvalue weighted by Gasteiger charge is -2.30. The number of fused-ring (bicyclic) bond motifs is 1. The van der Waals surface area contributed by atoms with Crippen LogP contribution >= 0.6 is 0 Å². The Morgan fingerprint density at radius 3 is 2.68 bits per heavy atom. The number of rotatable bonds is 8. The summed E-state index contributed by atoms with van der Waals surface area (Å²) in [5, 5.41) is 10.7. The van der Waals surface area contributed by atoms with Gasteiger partial charge in [0, 0.05) is 43.3 Å². The average molecular weight is 528 g/mol. The summed E-state index contributed by atoms with van der Waals surface area (Å²) in [6.07, 6.45) is 8.69. The third-order valence-corrected chi connectivity index (χ3v) is 7.71. The van der Waals surface area contributed by atoms with Gasteiger partial charge in [-0.2, -0.15) is 13.9 Å². The van der Waals surface area contributed by atoms with E-state index in [9.17, 15) is 18.0 Å². The number of allylic oxidation sites excluding steroid dienone is 1. The molecule has 10 heteroatoms. The predicted molar refractivity (Wildman–Crippen MR) is 139 cm³/mol. The van der Waals surface area contributed by atoms with Crippen molar-refractivity contribution in [2.75, 3.05) is 18.5 Å². The molecule has 38 heavy (non-hydrogen) atoms. The molecule has 1 atom stereocenters. The molecule has 1 saturated carbocycles. The standard InChI is InChI=1S/C28H32F3N5O2/c1-17(32-2)18-5-7-21(8-6-18)34-27(37)24-16-33-36-11-9-22(15-26(24)36)35-10-3-4-25(35)19-12-20(29)14-23(13-19)38-28(30)31/h9,11-16,18,21,25,28,32H,1,3-8,10H2,2H3,(H,34,37)/t18?,21?,25-/m1/s1. The van der Waals surface area contributed by atoms with Crippen molar-refractivity contribution >= 4 is 17.1 Å². The van der Waals surface area contributed by atoms with E-state index in [-0.39, 0.29) is 23.7 Å². The van der Waals surface area contributed by atoms with Crippen LogP contribution in [0.4, 0.5) is 18.9 Å². The fourth-order valence-electron chi connectivity index (χ4n) is 5.75. The molecule has 3 heterocycles. The van der Waals surface area contributed by atoms with Crippen LogP contribution in [0.3, 0.4) is 0 Å². The van der Waals surface area contributed by atoms with E-state index >= 15 is 0 Å². The Kier molecular flexibility index (Phi) is 7.49. The summed E-state index contributed by atoms with van der Waals surface area (Å²) < 4.78 is 45.8. The molecule has 1 amide bonds. The highest BCUT2D eigenvalue weighted by molar-refractivity contribution is 6.01. The minimum Gasteiger partial charge on any atom is -0.435 e. The van der Waals surface area contributed by atoms with E-state index in [4.69, 9.17) is 0 Å². The van der Waals surface area contributed by atoms with Crippen LogP contribution in [0.2, 0.25) is 0 Å². The number of nitrogens with one attached hydrogen (secondary N) is 2. The second-order valence-electron chi connectivity index (χ2n) is 10.0. The van der Waals surface area contributed by atoms with Crippen LogP contribution in [0.15, 0.2) is 55.0 Å². The Morgan fingerprint density at radius 2 is 1.95 bits per heavy atom. The molecule has 2 aliphatic rings. The molecule has 3 aromatic rings. The lowest BCUT2D eigenvalue weighted by atomic mass is 9.84. The van der Waals surface area contributed by atoms with Gasteiger partial charge in [-0.05, 0) is 74.3 Å². The van der Waals surface area contributed by atoms with Crippen molar-refractivity contribution in [2.24, 2.45) is 5.92 Å². The van der Waals surface area contributed by atoms with Gasteiger partial charge in [-0.25, -0.2) is 8.91 Å². The summed E-state index contributed by atoms with van der Waals surface area (Å²) in [4.78, 5) is 15.3. The summed E-state index contributed by atoms with van der Waals surface area (Å²) in [6.45, 7) is 1.76. The molecule has 5 rings (SSSR count). The molecule has 2 N–H and O–H groups in total. The lowest BCUT2D eigenvalue weighted by molar-refractivity contribution is -0.0500. The van der Waals surface area contributed by atoms with Gasteiger partial charge in [0.25, 0.3) is 5.91 Å². The molecule has 1 aliphatic heterocycles. The van der Waals surface area contributed by atoms with Gasteiger partial charge >= 0.3 is 6.61 Å². The number of benzene rings is 1. The zero-order valence-electron chi connectivity index (χ0n) is 21.3. The van der Waals surface area contributed by atoms with E-state index in [1.807, 2.05) is 19.2 Å². The van der Waals surface area contributed by atoms with Gasteiger partial charge in [-0.1, -0.05) is 6.58 Å². The lowest BCUT2D eigenvalue weighted by Crippen LogP contribution is -2.38. The predicted octanol–water partition coefficient (Wildman–Crippen LogP) is 5.44. The largest absolute Gasteiger partial charge is 0.435 e. The number of alkyl halides is 2. The monoisotopic (exact) mass is 527 g/mol. The first kappa shape index (κ1) is 25.9. The van der Waals surface area contributed by atoms with Gasteiger partial charge < -0.3 is 20.3 Å². The van der Waals surface area contributed by atoms with Gasteiger partial charge in [-0.15, -0.1) is 0 Å². The Morgan fingerprint density at radius 1 is 1.16 bits per heavy atom. The number of amides is 1. The highest BCUT2D eigenvalue weighted by atomic mass is 19.3. The van der Waals surface area contributed by atoms with Crippen LogP contribution in [0, 0.1) is 11.7 Å². The normalized spacial score (nSPS) is 21.6. The first-order chi connectivity index (χ1) is 18.3. The van der Waals surface area contributed by atoms with Gasteiger partial charge in [0.05, 0.1) is 23.3 Å². The molecule has 2 aromatic heterocycles. The van der Waals surface area contributed by atoms with Gasteiger partial charge in [-0.3, -0.25) is 4.79 Å². The molecular formula is C28H32F3N5O2. The highest BCUT2D eigenvalue weighted by Crippen LogP contribution is 2.38. The summed E-state index contributed by atoms with van der Waals surface area (Å²) >= 11 is 0. The number of anilines is 1. The van der Waals surface area contributed by atoms with Crippen molar-refractivity contribution in [2.45, 2.75) is 57.2 Å². The third kappa shape index (κ3) is 5.44. The van der Waals surface area contributed by atoms with E-state index in [2.05, 4.69) is 31.9 Å². The van der Waals surface area contributed by atoms with Gasteiger partial charge in [0.15, 0.2) is 0 Å². The summed E-state index contributed by atoms with van der Waals surface area (Å²) in [5.41, 5.74) is 3.62. The Bertz CT molecular complexity index is 1320. The van der Waals surface area contributed by atoms with Crippen LogP contribution < -0.4 is 20.3 Å². The Labute approximate surface area is 219 Å². The van der Waals surface area contributed by atoms with Crippen molar-refractivity contribution in [1.29, 1.82) is 0 Å². The SMILES string of the molecule is C=C(NC)C1CCC(NC(=O)c2cnn3ccc(N4CCC[C@@H]4c4cc(F)cc(OC(F)F)c4)cc23)CC1. The van der Waals surface area contributed by atoms with Crippen LogP contribution in [-0.2, 0) is 0 Å². The molecule has 0 spiro atoms. The van der Waals surface area contributed by atoms with E-state index in [1.165, 1.54) is 12.1 Å². The number of hydrogen-bond donors (Lipinski definition) is 2. The van der Waals surface area contributed by atoms with Crippen molar-refractivity contribution in [1.82, 2.24) is 20.2 Å². The van der Waals surface area contributed by atoms with E-state index in [1.54, 1.807) is 16.9 Å². The first-order valence-electron chi connectivity index (χ1n) is 13.0. The molecule has 2 fully saturated rings. The zero-order valence-corrected chi connectivity index (χ0v) is 21.3. The quantitative estimate of drug-likeness (QED) is 0.408. The second-order valence-corrected chi connectivity index (χ2v) is 10.0. The second kappa shape index (κ2) is 11.0. The highest BCUT2D eigenvalue weighted by Gasteiger charge is 2.29. The molecular weight excluding hydrogens is 495 g/mol. The maximum Gasteiger partial charge on any atom is 0.387 e. The van der Waals surface area contributed by atoms with Crippen molar-refractivity contribution in [3.05, 3.63) is 71.9 Å². The molecule has 0 bridgehead atoms. The van der Waals surface area contributed by atoms with E-state index < -0.39 is 12.4 Å². The molecule has 0 radical (unpaired) electrons. The Balaban J connectivity index is 1.34. The van der Waals surface area contributed by atoms with Crippen LogP contribution in [0.25, 0.3) is 5.52 Å². The van der Waals surface area contributed by atoms with Gasteiger partial charge in [0.1, 0.15) is 11.6 Å². The Hall–Kier alpha value is -3.69. The summed E-state index contributed by atoms with van der Waals surface area (Å²) in [6, 6.07) is 7.47.